The number of piperidine rings is 2. The molecule has 42 heavy (non-hydrogen) atoms. The van der Waals surface area contributed by atoms with E-state index in [-0.39, 0.29) is 13.2 Å². The van der Waals surface area contributed by atoms with E-state index >= 15 is 0 Å². The molecule has 2 aliphatic heterocycles. The number of nitrogens with one attached hydrogen (secondary N) is 3. The number of carbonyl (C=O) groups is 2. The minimum atomic E-state index is -1.25. The summed E-state index contributed by atoms with van der Waals surface area (Å²) in [4.78, 5) is 35.0. The number of methoxy groups -OCH3 is 1. The molecule has 0 spiro atoms. The van der Waals surface area contributed by atoms with Gasteiger partial charge in [-0.2, -0.15) is 0 Å². The minimum absolute atomic E-state index is 0.0342. The summed E-state index contributed by atoms with van der Waals surface area (Å²) in [7, 11) is 1.53. The number of alkyl carbamates (subject to hydrolysis) is 1. The van der Waals surface area contributed by atoms with Crippen LogP contribution in [0.25, 0.3) is 0 Å². The summed E-state index contributed by atoms with van der Waals surface area (Å²) in [6.07, 6.45) is 9.14. The molecule has 224 valence electrons. The number of hydrogen-bond donors (Lipinski definition) is 4. The van der Waals surface area contributed by atoms with Crippen LogP contribution in [0.5, 0.6) is 5.75 Å². The predicted molar refractivity (Wildman–Crippen MR) is 161 cm³/mol. The van der Waals surface area contributed by atoms with Crippen LogP contribution in [0.1, 0.15) is 38.2 Å². The number of anilines is 2. The standard InChI is InChI=1S/C31H40N6O5/c1-21(11-12-25-10-7-15-32-22(25)2)24-13-16-37(17-14-24)29-27(41-3)28(34-20-35-29)33-18-26(30(38)39)36-31(40)42-19-23-8-5-4-6-9-23/h4-6,8-9,11-12,20,24,26,32H,2,7,10,13-19H2,1,3H3,(H,36,40)(H,38,39)(H,33,34,35)/b21-11+,25-12-/t26-/m0/s1. The fraction of sp³-hybridized carbons (Fsp3) is 0.419. The number of benzene rings is 1. The number of carbonyl (C=O) groups excluding carboxylic acids is 1. The van der Waals surface area contributed by atoms with Gasteiger partial charge in [0.2, 0.25) is 5.75 Å². The molecule has 11 heteroatoms. The van der Waals surface area contributed by atoms with Crippen LogP contribution < -0.4 is 25.6 Å². The Kier molecular flexibility index (Phi) is 10.8. The number of carboxylic acids is 1. The van der Waals surface area contributed by atoms with Crippen molar-refractivity contribution < 1.29 is 24.2 Å². The highest BCUT2D eigenvalue weighted by molar-refractivity contribution is 5.80. The first-order valence-corrected chi connectivity index (χ1v) is 14.2. The number of ether oxygens (including phenoxy) is 2. The van der Waals surface area contributed by atoms with Gasteiger partial charge in [-0.3, -0.25) is 0 Å². The van der Waals surface area contributed by atoms with Crippen molar-refractivity contribution in [3.8, 4) is 5.75 Å². The first-order chi connectivity index (χ1) is 20.4. The van der Waals surface area contributed by atoms with E-state index in [9.17, 15) is 14.7 Å². The van der Waals surface area contributed by atoms with Gasteiger partial charge in [-0.1, -0.05) is 54.6 Å². The van der Waals surface area contributed by atoms with Crippen LogP contribution in [0.2, 0.25) is 0 Å². The maximum absolute atomic E-state index is 12.2. The fourth-order valence-electron chi connectivity index (χ4n) is 5.09. The molecule has 2 fully saturated rings. The number of rotatable bonds is 11. The Morgan fingerprint density at radius 2 is 2.00 bits per heavy atom. The molecule has 0 saturated carbocycles. The molecule has 1 atom stereocenters. The lowest BCUT2D eigenvalue weighted by Gasteiger charge is -2.34. The van der Waals surface area contributed by atoms with Crippen LogP contribution in [-0.2, 0) is 16.1 Å². The molecule has 2 aromatic rings. The van der Waals surface area contributed by atoms with Crippen molar-refractivity contribution in [3.05, 3.63) is 77.8 Å². The second kappa shape index (κ2) is 14.9. The number of hydrogen-bond acceptors (Lipinski definition) is 9. The van der Waals surface area contributed by atoms with E-state index in [0.29, 0.717) is 23.3 Å². The molecule has 0 aliphatic carbocycles. The summed E-state index contributed by atoms with van der Waals surface area (Å²) < 4.78 is 10.8. The number of nitrogens with zero attached hydrogens (tertiary/aromatic N) is 3. The molecule has 1 aromatic carbocycles. The second-order valence-electron chi connectivity index (χ2n) is 10.4. The van der Waals surface area contributed by atoms with Crippen LogP contribution in [0.3, 0.4) is 0 Å². The zero-order valence-electron chi connectivity index (χ0n) is 24.3. The van der Waals surface area contributed by atoms with Crippen LogP contribution >= 0.6 is 0 Å². The van der Waals surface area contributed by atoms with Crippen molar-refractivity contribution >= 4 is 23.7 Å². The number of amides is 1. The van der Waals surface area contributed by atoms with Gasteiger partial charge in [0.25, 0.3) is 0 Å². The van der Waals surface area contributed by atoms with Crippen LogP contribution in [0.4, 0.5) is 16.4 Å². The second-order valence-corrected chi connectivity index (χ2v) is 10.4. The maximum Gasteiger partial charge on any atom is 0.408 e. The van der Waals surface area contributed by atoms with Crippen molar-refractivity contribution in [2.75, 3.05) is 43.5 Å². The molecule has 0 radical (unpaired) electrons. The zero-order chi connectivity index (χ0) is 29.9. The lowest BCUT2D eigenvalue weighted by atomic mass is 9.89. The quantitative estimate of drug-likeness (QED) is 0.307. The van der Waals surface area contributed by atoms with Gasteiger partial charge in [0.1, 0.15) is 19.0 Å². The molecule has 3 heterocycles. The third kappa shape index (κ3) is 8.25. The first kappa shape index (κ1) is 30.4. The fourth-order valence-corrected chi connectivity index (χ4v) is 5.09. The molecular formula is C31H40N6O5. The highest BCUT2D eigenvalue weighted by Gasteiger charge is 2.26. The van der Waals surface area contributed by atoms with E-state index < -0.39 is 18.1 Å². The van der Waals surface area contributed by atoms with Crippen molar-refractivity contribution in [1.29, 1.82) is 0 Å². The van der Waals surface area contributed by atoms with Gasteiger partial charge < -0.3 is 35.4 Å². The molecule has 0 unspecified atom stereocenters. The Hall–Kier alpha value is -4.54. The molecule has 4 rings (SSSR count). The van der Waals surface area contributed by atoms with E-state index in [0.717, 1.165) is 56.6 Å². The average Bonchev–Trinajstić information content (AvgIpc) is 3.01. The maximum atomic E-state index is 12.2. The summed E-state index contributed by atoms with van der Waals surface area (Å²) in [5, 5.41) is 18.4. The molecule has 0 bridgehead atoms. The molecule has 2 aliphatic rings. The number of allylic oxidation sites excluding steroid dienone is 4. The molecule has 2 saturated heterocycles. The first-order valence-electron chi connectivity index (χ1n) is 14.2. The van der Waals surface area contributed by atoms with E-state index in [2.05, 4.69) is 56.5 Å². The van der Waals surface area contributed by atoms with E-state index in [1.54, 1.807) is 0 Å². The monoisotopic (exact) mass is 576 g/mol. The highest BCUT2D eigenvalue weighted by atomic mass is 16.5. The minimum Gasteiger partial charge on any atom is -0.490 e. The van der Waals surface area contributed by atoms with Crippen molar-refractivity contribution in [1.82, 2.24) is 20.6 Å². The Balaban J connectivity index is 1.33. The molecule has 1 amide bonds. The Morgan fingerprint density at radius 3 is 2.69 bits per heavy atom. The normalized spacial score (nSPS) is 17.8. The number of aliphatic carboxylic acids is 1. The summed E-state index contributed by atoms with van der Waals surface area (Å²) in [6, 6.07) is 7.89. The molecule has 11 nitrogen and oxygen atoms in total. The summed E-state index contributed by atoms with van der Waals surface area (Å²) >= 11 is 0. The summed E-state index contributed by atoms with van der Waals surface area (Å²) in [5.41, 5.74) is 4.45. The number of aromatic nitrogens is 2. The SMILES string of the molecule is C=C1NCCC/C1=C/C=C(\C)C1CCN(c2ncnc(NC[C@H](NC(=O)OCc3ccccc3)C(=O)O)c2OC)CC1. The van der Waals surface area contributed by atoms with Crippen molar-refractivity contribution in [3.63, 3.8) is 0 Å². The topological polar surface area (TPSA) is 138 Å². The van der Waals surface area contributed by atoms with Gasteiger partial charge in [0.15, 0.2) is 11.6 Å². The number of carboxylic acid groups (broad SMARTS) is 1. The Morgan fingerprint density at radius 1 is 1.24 bits per heavy atom. The Labute approximate surface area is 246 Å². The smallest absolute Gasteiger partial charge is 0.408 e. The van der Waals surface area contributed by atoms with Crippen molar-refractivity contribution in [2.45, 2.75) is 45.3 Å². The van der Waals surface area contributed by atoms with Gasteiger partial charge >= 0.3 is 12.1 Å². The van der Waals surface area contributed by atoms with E-state index in [1.165, 1.54) is 24.6 Å². The summed E-state index contributed by atoms with van der Waals surface area (Å²) in [6.45, 7) is 8.78. The highest BCUT2D eigenvalue weighted by Crippen LogP contribution is 2.35. The summed E-state index contributed by atoms with van der Waals surface area (Å²) in [5.74, 6) is 0.672. The van der Waals surface area contributed by atoms with Gasteiger partial charge in [-0.05, 0) is 49.7 Å². The van der Waals surface area contributed by atoms with Gasteiger partial charge in [0, 0.05) is 31.9 Å². The van der Waals surface area contributed by atoms with E-state index in [1.807, 2.05) is 30.3 Å². The van der Waals surface area contributed by atoms with Crippen LogP contribution in [0.15, 0.2) is 72.2 Å². The largest absolute Gasteiger partial charge is 0.490 e. The van der Waals surface area contributed by atoms with Crippen LogP contribution in [-0.4, -0.2) is 66.5 Å². The lowest BCUT2D eigenvalue weighted by molar-refractivity contribution is -0.139. The Bertz CT molecular complexity index is 1300. The lowest BCUT2D eigenvalue weighted by Crippen LogP contribution is -2.45. The average molecular weight is 577 g/mol. The molecule has 4 N–H and O–H groups in total. The zero-order valence-corrected chi connectivity index (χ0v) is 24.3. The third-order valence-corrected chi connectivity index (χ3v) is 7.60. The van der Waals surface area contributed by atoms with Gasteiger partial charge in [-0.25, -0.2) is 19.6 Å². The van der Waals surface area contributed by atoms with Gasteiger partial charge in [-0.15, -0.1) is 0 Å². The van der Waals surface area contributed by atoms with Crippen LogP contribution in [0, 0.1) is 5.92 Å². The predicted octanol–water partition coefficient (Wildman–Crippen LogP) is 4.26. The molecular weight excluding hydrogens is 536 g/mol. The molecule has 1 aromatic heterocycles. The van der Waals surface area contributed by atoms with Gasteiger partial charge in [0.05, 0.1) is 7.11 Å². The van der Waals surface area contributed by atoms with E-state index in [4.69, 9.17) is 9.47 Å². The third-order valence-electron chi connectivity index (χ3n) is 7.60. The van der Waals surface area contributed by atoms with Crippen molar-refractivity contribution in [2.24, 2.45) is 5.92 Å².